The standard InChI is InChI=1S/C27H32N6O3S/c1-6-32-23(16-36-22-14-12-20(13-15-22)18(2)3)29-30-27(32)37-17-24(34)28-25-19(4)31(5)33(26(25)35)21-10-8-7-9-11-21/h7-15,18H,6,16-17H2,1-5H3,(H,28,34). The maximum Gasteiger partial charge on any atom is 0.295 e. The van der Waals surface area contributed by atoms with Crippen LogP contribution in [0.1, 0.15) is 43.8 Å². The molecule has 4 aromatic rings. The average molecular weight is 521 g/mol. The number of anilines is 1. The summed E-state index contributed by atoms with van der Waals surface area (Å²) < 4.78 is 11.1. The predicted molar refractivity (Wildman–Crippen MR) is 146 cm³/mol. The van der Waals surface area contributed by atoms with E-state index in [2.05, 4.69) is 41.5 Å². The highest BCUT2D eigenvalue weighted by Gasteiger charge is 2.19. The number of carbonyl (C=O) groups excluding carboxylic acids is 1. The van der Waals surface area contributed by atoms with Crippen LogP contribution in [-0.4, -0.2) is 35.8 Å². The molecule has 0 aliphatic heterocycles. The fourth-order valence-electron chi connectivity index (χ4n) is 3.96. The molecule has 0 bridgehead atoms. The fraction of sp³-hybridized carbons (Fsp3) is 0.333. The third-order valence-electron chi connectivity index (χ3n) is 6.18. The van der Waals surface area contributed by atoms with Crippen molar-refractivity contribution >= 4 is 23.4 Å². The first kappa shape index (κ1) is 26.3. The first-order valence-corrected chi connectivity index (χ1v) is 13.2. The van der Waals surface area contributed by atoms with Crippen LogP contribution in [0.2, 0.25) is 0 Å². The van der Waals surface area contributed by atoms with E-state index in [-0.39, 0.29) is 29.5 Å². The second-order valence-corrected chi connectivity index (χ2v) is 9.87. The molecule has 1 amide bonds. The van der Waals surface area contributed by atoms with E-state index in [1.165, 1.54) is 22.0 Å². The Kier molecular flexibility index (Phi) is 8.17. The number of para-hydroxylation sites is 1. The normalized spacial score (nSPS) is 11.2. The van der Waals surface area contributed by atoms with Gasteiger partial charge in [-0.15, -0.1) is 10.2 Å². The van der Waals surface area contributed by atoms with Gasteiger partial charge in [0.15, 0.2) is 11.0 Å². The molecule has 194 valence electrons. The third kappa shape index (κ3) is 5.80. The number of ether oxygens (including phenoxy) is 1. The topological polar surface area (TPSA) is 96.0 Å². The molecule has 0 aliphatic rings. The molecule has 10 heteroatoms. The number of aromatic nitrogens is 5. The lowest BCUT2D eigenvalue weighted by Gasteiger charge is -2.10. The Morgan fingerprint density at radius 2 is 1.78 bits per heavy atom. The summed E-state index contributed by atoms with van der Waals surface area (Å²) >= 11 is 1.27. The smallest absolute Gasteiger partial charge is 0.295 e. The van der Waals surface area contributed by atoms with Crippen LogP contribution in [0.25, 0.3) is 5.69 Å². The Hall–Kier alpha value is -3.79. The van der Waals surface area contributed by atoms with Crippen LogP contribution >= 0.6 is 11.8 Å². The van der Waals surface area contributed by atoms with Gasteiger partial charge in [-0.05, 0) is 49.6 Å². The van der Waals surface area contributed by atoms with E-state index in [0.29, 0.717) is 29.1 Å². The largest absolute Gasteiger partial charge is 0.486 e. The molecule has 0 saturated heterocycles. The number of benzene rings is 2. The minimum atomic E-state index is -0.287. The maximum atomic E-state index is 13.0. The van der Waals surface area contributed by atoms with Crippen LogP contribution in [0.15, 0.2) is 64.5 Å². The van der Waals surface area contributed by atoms with Gasteiger partial charge < -0.3 is 14.6 Å². The zero-order chi connectivity index (χ0) is 26.5. The monoisotopic (exact) mass is 520 g/mol. The summed E-state index contributed by atoms with van der Waals surface area (Å²) in [6.07, 6.45) is 0. The van der Waals surface area contributed by atoms with Crippen molar-refractivity contribution in [1.82, 2.24) is 24.1 Å². The molecule has 0 saturated carbocycles. The van der Waals surface area contributed by atoms with Gasteiger partial charge in [-0.3, -0.25) is 14.3 Å². The van der Waals surface area contributed by atoms with Gasteiger partial charge in [0.2, 0.25) is 5.91 Å². The van der Waals surface area contributed by atoms with E-state index < -0.39 is 0 Å². The number of hydrogen-bond donors (Lipinski definition) is 1. The molecule has 4 rings (SSSR count). The van der Waals surface area contributed by atoms with Crippen LogP contribution in [0.5, 0.6) is 5.75 Å². The lowest BCUT2D eigenvalue weighted by Crippen LogP contribution is -2.23. The van der Waals surface area contributed by atoms with Gasteiger partial charge >= 0.3 is 0 Å². The molecule has 2 aromatic carbocycles. The van der Waals surface area contributed by atoms with Crippen molar-refractivity contribution in [1.29, 1.82) is 0 Å². The summed E-state index contributed by atoms with van der Waals surface area (Å²) in [7, 11) is 1.79. The van der Waals surface area contributed by atoms with E-state index in [1.54, 1.807) is 18.7 Å². The Balaban J connectivity index is 1.39. The van der Waals surface area contributed by atoms with E-state index in [1.807, 2.05) is 54.0 Å². The van der Waals surface area contributed by atoms with E-state index >= 15 is 0 Å². The number of rotatable bonds is 10. The lowest BCUT2D eigenvalue weighted by molar-refractivity contribution is -0.113. The molecule has 0 radical (unpaired) electrons. The number of nitrogens with zero attached hydrogens (tertiary/aromatic N) is 5. The summed E-state index contributed by atoms with van der Waals surface area (Å²) in [5.74, 6) is 1.72. The van der Waals surface area contributed by atoms with Gasteiger partial charge in [-0.1, -0.05) is 55.9 Å². The van der Waals surface area contributed by atoms with Gasteiger partial charge in [-0.25, -0.2) is 4.68 Å². The summed E-state index contributed by atoms with van der Waals surface area (Å²) in [6, 6.07) is 17.4. The number of thioether (sulfide) groups is 1. The maximum absolute atomic E-state index is 13.0. The Bertz CT molecular complexity index is 1420. The number of amides is 1. The van der Waals surface area contributed by atoms with Crippen molar-refractivity contribution in [2.75, 3.05) is 11.1 Å². The van der Waals surface area contributed by atoms with Gasteiger partial charge in [0.1, 0.15) is 18.0 Å². The highest BCUT2D eigenvalue weighted by molar-refractivity contribution is 7.99. The quantitative estimate of drug-likeness (QED) is 0.309. The van der Waals surface area contributed by atoms with E-state index in [4.69, 9.17) is 4.74 Å². The molecular formula is C27H32N6O3S. The molecule has 0 unspecified atom stereocenters. The molecule has 2 aromatic heterocycles. The van der Waals surface area contributed by atoms with Crippen LogP contribution in [-0.2, 0) is 25.0 Å². The molecule has 0 spiro atoms. The van der Waals surface area contributed by atoms with Gasteiger partial charge in [-0.2, -0.15) is 0 Å². The molecule has 9 nitrogen and oxygen atoms in total. The number of carbonyl (C=O) groups is 1. The second kappa shape index (κ2) is 11.5. The summed E-state index contributed by atoms with van der Waals surface area (Å²) in [5.41, 5.74) is 2.65. The molecule has 0 atom stereocenters. The zero-order valence-corrected chi connectivity index (χ0v) is 22.6. The minimum Gasteiger partial charge on any atom is -0.486 e. The van der Waals surface area contributed by atoms with Crippen molar-refractivity contribution in [3.8, 4) is 11.4 Å². The first-order chi connectivity index (χ1) is 17.8. The van der Waals surface area contributed by atoms with Crippen molar-refractivity contribution in [3.05, 3.63) is 82.0 Å². The second-order valence-electron chi connectivity index (χ2n) is 8.93. The third-order valence-corrected chi connectivity index (χ3v) is 7.14. The van der Waals surface area contributed by atoms with Gasteiger partial charge in [0, 0.05) is 13.6 Å². The zero-order valence-electron chi connectivity index (χ0n) is 21.8. The van der Waals surface area contributed by atoms with Crippen molar-refractivity contribution in [2.45, 2.75) is 51.9 Å². The Labute approximate surface area is 220 Å². The first-order valence-electron chi connectivity index (χ1n) is 12.2. The van der Waals surface area contributed by atoms with Crippen LogP contribution in [0.4, 0.5) is 5.69 Å². The van der Waals surface area contributed by atoms with Gasteiger partial charge in [0.05, 0.1) is 17.1 Å². The number of nitrogens with one attached hydrogen (secondary N) is 1. The molecule has 37 heavy (non-hydrogen) atoms. The highest BCUT2D eigenvalue weighted by atomic mass is 32.2. The minimum absolute atomic E-state index is 0.0920. The average Bonchev–Trinajstić information content (AvgIpc) is 3.39. The van der Waals surface area contributed by atoms with Crippen LogP contribution in [0, 0.1) is 6.92 Å². The number of hydrogen-bond acceptors (Lipinski definition) is 6. The van der Waals surface area contributed by atoms with Crippen molar-refractivity contribution in [3.63, 3.8) is 0 Å². The lowest BCUT2D eigenvalue weighted by atomic mass is 10.0. The van der Waals surface area contributed by atoms with Crippen molar-refractivity contribution < 1.29 is 9.53 Å². The molecule has 0 aliphatic carbocycles. The van der Waals surface area contributed by atoms with E-state index in [0.717, 1.165) is 11.4 Å². The van der Waals surface area contributed by atoms with E-state index in [9.17, 15) is 9.59 Å². The molecule has 0 fully saturated rings. The fourth-order valence-corrected chi connectivity index (χ4v) is 4.79. The summed E-state index contributed by atoms with van der Waals surface area (Å²) in [5, 5.41) is 11.9. The summed E-state index contributed by atoms with van der Waals surface area (Å²) in [4.78, 5) is 25.8. The van der Waals surface area contributed by atoms with Crippen LogP contribution in [0.3, 0.4) is 0 Å². The SMILES string of the molecule is CCn1c(COc2ccc(C(C)C)cc2)nnc1SCC(=O)Nc1c(C)n(C)n(-c2ccccc2)c1=O. The Morgan fingerprint density at radius 1 is 1.08 bits per heavy atom. The summed E-state index contributed by atoms with van der Waals surface area (Å²) in [6.45, 7) is 9.02. The highest BCUT2D eigenvalue weighted by Crippen LogP contribution is 2.22. The van der Waals surface area contributed by atoms with Gasteiger partial charge in [0.25, 0.3) is 5.56 Å². The Morgan fingerprint density at radius 3 is 2.43 bits per heavy atom. The predicted octanol–water partition coefficient (Wildman–Crippen LogP) is 4.53. The molecule has 1 N–H and O–H groups in total. The molecular weight excluding hydrogens is 488 g/mol. The molecule has 2 heterocycles. The van der Waals surface area contributed by atoms with Crippen molar-refractivity contribution in [2.24, 2.45) is 7.05 Å². The van der Waals surface area contributed by atoms with Crippen LogP contribution < -0.4 is 15.6 Å².